The van der Waals surface area contributed by atoms with E-state index in [9.17, 15) is 4.79 Å². The van der Waals surface area contributed by atoms with Crippen LogP contribution < -0.4 is 10.1 Å². The Morgan fingerprint density at radius 3 is 2.57 bits per heavy atom. The van der Waals surface area contributed by atoms with Crippen LogP contribution in [0.3, 0.4) is 0 Å². The van der Waals surface area contributed by atoms with Gasteiger partial charge >= 0.3 is 0 Å². The molecule has 0 bridgehead atoms. The van der Waals surface area contributed by atoms with E-state index in [2.05, 4.69) is 18.5 Å². The molecule has 0 radical (unpaired) electrons. The molecule has 0 aliphatic carbocycles. The lowest BCUT2D eigenvalue weighted by molar-refractivity contribution is -0.128. The molecular formula is C17H24N2O2. The summed E-state index contributed by atoms with van der Waals surface area (Å²) < 4.78 is 5.62. The van der Waals surface area contributed by atoms with Gasteiger partial charge in [0.2, 0.25) is 5.91 Å². The van der Waals surface area contributed by atoms with Crippen LogP contribution in [0.1, 0.15) is 13.8 Å². The maximum Gasteiger partial charge on any atom is 0.242 e. The molecule has 1 rings (SSSR count). The van der Waals surface area contributed by atoms with E-state index in [1.165, 1.54) is 0 Å². The Kier molecular flexibility index (Phi) is 7.09. The summed E-state index contributed by atoms with van der Waals surface area (Å²) in [6, 6.07) is 7.59. The molecule has 0 atom stereocenters. The SMILES string of the molecule is C=CCN(CC=C)C(=O)CNc1cccc(OC(C)C)c1. The van der Waals surface area contributed by atoms with Gasteiger partial charge in [-0.25, -0.2) is 0 Å². The Balaban J connectivity index is 2.59. The minimum atomic E-state index is 0.00461. The van der Waals surface area contributed by atoms with Gasteiger partial charge in [-0.2, -0.15) is 0 Å². The number of benzene rings is 1. The molecule has 4 nitrogen and oxygen atoms in total. The monoisotopic (exact) mass is 288 g/mol. The third-order valence-corrected chi connectivity index (χ3v) is 2.70. The lowest BCUT2D eigenvalue weighted by Gasteiger charge is -2.20. The lowest BCUT2D eigenvalue weighted by atomic mass is 10.3. The number of carbonyl (C=O) groups is 1. The van der Waals surface area contributed by atoms with Crippen molar-refractivity contribution in [3.8, 4) is 5.75 Å². The predicted molar refractivity (Wildman–Crippen MR) is 87.7 cm³/mol. The van der Waals surface area contributed by atoms with Crippen molar-refractivity contribution in [3.63, 3.8) is 0 Å². The van der Waals surface area contributed by atoms with Crippen LogP contribution in [0.5, 0.6) is 5.75 Å². The van der Waals surface area contributed by atoms with E-state index < -0.39 is 0 Å². The second kappa shape index (κ2) is 8.84. The molecule has 4 heteroatoms. The van der Waals surface area contributed by atoms with Crippen molar-refractivity contribution >= 4 is 11.6 Å². The lowest BCUT2D eigenvalue weighted by Crippen LogP contribution is -2.35. The van der Waals surface area contributed by atoms with Crippen molar-refractivity contribution in [3.05, 3.63) is 49.6 Å². The van der Waals surface area contributed by atoms with Gasteiger partial charge in [-0.05, 0) is 26.0 Å². The zero-order valence-electron chi connectivity index (χ0n) is 12.8. The quantitative estimate of drug-likeness (QED) is 0.710. The molecule has 0 fully saturated rings. The smallest absolute Gasteiger partial charge is 0.242 e. The van der Waals surface area contributed by atoms with Crippen molar-refractivity contribution in [2.45, 2.75) is 20.0 Å². The normalized spacial score (nSPS) is 10.0. The summed E-state index contributed by atoms with van der Waals surface area (Å²) in [5, 5.41) is 3.12. The van der Waals surface area contributed by atoms with Gasteiger partial charge in [0.1, 0.15) is 5.75 Å². The molecule has 21 heavy (non-hydrogen) atoms. The van der Waals surface area contributed by atoms with Crippen LogP contribution >= 0.6 is 0 Å². The van der Waals surface area contributed by atoms with Crippen LogP contribution in [0.2, 0.25) is 0 Å². The molecule has 1 aromatic rings. The van der Waals surface area contributed by atoms with E-state index in [4.69, 9.17) is 4.74 Å². The van der Waals surface area contributed by atoms with Crippen LogP contribution in [-0.2, 0) is 4.79 Å². The van der Waals surface area contributed by atoms with Crippen LogP contribution in [-0.4, -0.2) is 36.5 Å². The first kappa shape index (κ1) is 16.8. The van der Waals surface area contributed by atoms with E-state index in [0.717, 1.165) is 11.4 Å². The van der Waals surface area contributed by atoms with Gasteiger partial charge in [-0.3, -0.25) is 4.79 Å². The van der Waals surface area contributed by atoms with E-state index in [1.807, 2.05) is 38.1 Å². The zero-order chi connectivity index (χ0) is 15.7. The standard InChI is InChI=1S/C17H24N2O2/c1-5-10-19(11-6-2)17(20)13-18-15-8-7-9-16(12-15)21-14(3)4/h5-9,12,14,18H,1-2,10-11,13H2,3-4H3. The van der Waals surface area contributed by atoms with Gasteiger partial charge in [0.05, 0.1) is 12.6 Å². The maximum absolute atomic E-state index is 12.1. The predicted octanol–water partition coefficient (Wildman–Crippen LogP) is 3.09. The molecule has 0 spiro atoms. The average molecular weight is 288 g/mol. The minimum absolute atomic E-state index is 0.00461. The number of hydrogen-bond acceptors (Lipinski definition) is 3. The van der Waals surface area contributed by atoms with Crippen LogP contribution in [0.15, 0.2) is 49.6 Å². The molecule has 0 aliphatic heterocycles. The highest BCUT2D eigenvalue weighted by Gasteiger charge is 2.10. The van der Waals surface area contributed by atoms with Gasteiger partial charge in [0.25, 0.3) is 0 Å². The molecule has 1 aromatic carbocycles. The highest BCUT2D eigenvalue weighted by molar-refractivity contribution is 5.81. The summed E-state index contributed by atoms with van der Waals surface area (Å²) >= 11 is 0. The van der Waals surface area contributed by atoms with Crippen molar-refractivity contribution in [2.24, 2.45) is 0 Å². The van der Waals surface area contributed by atoms with E-state index >= 15 is 0 Å². The summed E-state index contributed by atoms with van der Waals surface area (Å²) in [6.45, 7) is 12.5. The second-order valence-electron chi connectivity index (χ2n) is 4.92. The Labute approximate surface area is 127 Å². The van der Waals surface area contributed by atoms with Gasteiger partial charge in [-0.15, -0.1) is 13.2 Å². The molecular weight excluding hydrogens is 264 g/mol. The molecule has 0 aliphatic rings. The summed E-state index contributed by atoms with van der Waals surface area (Å²) in [7, 11) is 0. The van der Waals surface area contributed by atoms with Gasteiger partial charge < -0.3 is 15.0 Å². The van der Waals surface area contributed by atoms with Crippen molar-refractivity contribution in [1.82, 2.24) is 4.90 Å². The fourth-order valence-electron chi connectivity index (χ4n) is 1.83. The van der Waals surface area contributed by atoms with Crippen LogP contribution in [0, 0.1) is 0 Å². The summed E-state index contributed by atoms with van der Waals surface area (Å²) in [5.74, 6) is 0.793. The number of amides is 1. The van der Waals surface area contributed by atoms with Crippen molar-refractivity contribution in [1.29, 1.82) is 0 Å². The molecule has 1 amide bonds. The van der Waals surface area contributed by atoms with E-state index in [0.29, 0.717) is 13.1 Å². The van der Waals surface area contributed by atoms with Gasteiger partial charge in [0, 0.05) is 24.8 Å². The number of nitrogens with zero attached hydrogens (tertiary/aromatic N) is 1. The number of rotatable bonds is 9. The fraction of sp³-hybridized carbons (Fsp3) is 0.353. The first-order valence-corrected chi connectivity index (χ1v) is 7.07. The Morgan fingerprint density at radius 1 is 1.33 bits per heavy atom. The topological polar surface area (TPSA) is 41.6 Å². The van der Waals surface area contributed by atoms with Crippen molar-refractivity contribution < 1.29 is 9.53 Å². The highest BCUT2D eigenvalue weighted by Crippen LogP contribution is 2.18. The van der Waals surface area contributed by atoms with Gasteiger partial charge in [-0.1, -0.05) is 18.2 Å². The summed E-state index contributed by atoms with van der Waals surface area (Å²) in [5.41, 5.74) is 0.860. The Hall–Kier alpha value is -2.23. The molecule has 1 N–H and O–H groups in total. The van der Waals surface area contributed by atoms with E-state index in [-0.39, 0.29) is 18.6 Å². The molecule has 0 heterocycles. The minimum Gasteiger partial charge on any atom is -0.491 e. The largest absolute Gasteiger partial charge is 0.491 e. The molecule has 0 unspecified atom stereocenters. The molecule has 0 saturated heterocycles. The van der Waals surface area contributed by atoms with Crippen LogP contribution in [0.25, 0.3) is 0 Å². The van der Waals surface area contributed by atoms with Crippen molar-refractivity contribution in [2.75, 3.05) is 25.0 Å². The summed E-state index contributed by atoms with van der Waals surface area (Å²) in [6.07, 6.45) is 3.54. The number of hydrogen-bond donors (Lipinski definition) is 1. The first-order valence-electron chi connectivity index (χ1n) is 7.07. The maximum atomic E-state index is 12.1. The zero-order valence-corrected chi connectivity index (χ0v) is 12.8. The van der Waals surface area contributed by atoms with Gasteiger partial charge in [0.15, 0.2) is 0 Å². The number of carbonyl (C=O) groups excluding carboxylic acids is 1. The first-order chi connectivity index (χ1) is 10.1. The average Bonchev–Trinajstić information content (AvgIpc) is 2.44. The second-order valence-corrected chi connectivity index (χ2v) is 4.92. The Bertz CT molecular complexity index is 473. The third-order valence-electron chi connectivity index (χ3n) is 2.70. The highest BCUT2D eigenvalue weighted by atomic mass is 16.5. The number of ether oxygens (including phenoxy) is 1. The molecule has 0 aromatic heterocycles. The van der Waals surface area contributed by atoms with E-state index in [1.54, 1.807) is 17.1 Å². The number of anilines is 1. The number of nitrogens with one attached hydrogen (secondary N) is 1. The van der Waals surface area contributed by atoms with Crippen LogP contribution in [0.4, 0.5) is 5.69 Å². The third kappa shape index (κ3) is 6.17. The Morgan fingerprint density at radius 2 is 2.00 bits per heavy atom. The molecule has 114 valence electrons. The molecule has 0 saturated carbocycles. The fourth-order valence-corrected chi connectivity index (χ4v) is 1.83. The summed E-state index contributed by atoms with van der Waals surface area (Å²) in [4.78, 5) is 13.8.